The second-order valence-electron chi connectivity index (χ2n) is 5.14. The van der Waals surface area contributed by atoms with Crippen molar-refractivity contribution >= 4 is 11.9 Å². The summed E-state index contributed by atoms with van der Waals surface area (Å²) < 4.78 is 6.76. The number of carbonyl (C=O) groups is 2. The Kier molecular flexibility index (Phi) is 5.35. The van der Waals surface area contributed by atoms with Crippen LogP contribution < -0.4 is 10.1 Å². The highest BCUT2D eigenvalue weighted by atomic mass is 16.5. The number of aromatic nitrogens is 2. The predicted octanol–water partition coefficient (Wildman–Crippen LogP) is 1.49. The Labute approximate surface area is 133 Å². The van der Waals surface area contributed by atoms with Crippen molar-refractivity contribution < 1.29 is 19.4 Å². The molecule has 0 bridgehead atoms. The molecule has 23 heavy (non-hydrogen) atoms. The lowest BCUT2D eigenvalue weighted by Crippen LogP contribution is -2.25. The average Bonchev–Trinajstić information content (AvgIpc) is 2.96. The Bertz CT molecular complexity index is 709. The van der Waals surface area contributed by atoms with E-state index in [0.717, 1.165) is 18.4 Å². The van der Waals surface area contributed by atoms with Gasteiger partial charge in [0.1, 0.15) is 5.75 Å². The average molecular weight is 317 g/mol. The number of rotatable bonds is 7. The number of carbonyl (C=O) groups excluding carboxylic acids is 1. The summed E-state index contributed by atoms with van der Waals surface area (Å²) in [6.07, 6.45) is 5.31. The lowest BCUT2D eigenvalue weighted by Gasteiger charge is -2.08. The summed E-state index contributed by atoms with van der Waals surface area (Å²) in [6, 6.07) is 4.23. The van der Waals surface area contributed by atoms with Crippen LogP contribution >= 0.6 is 0 Å². The molecule has 7 heteroatoms. The fraction of sp³-hybridized carbons (Fsp3) is 0.312. The van der Waals surface area contributed by atoms with Crippen LogP contribution in [-0.2, 0) is 13.5 Å². The van der Waals surface area contributed by atoms with Crippen LogP contribution in [-0.4, -0.2) is 40.4 Å². The second kappa shape index (κ2) is 7.44. The largest absolute Gasteiger partial charge is 0.497 e. The fourth-order valence-corrected chi connectivity index (χ4v) is 2.17. The molecule has 1 heterocycles. The van der Waals surface area contributed by atoms with Gasteiger partial charge in [-0.05, 0) is 36.6 Å². The van der Waals surface area contributed by atoms with Crippen molar-refractivity contribution in [3.05, 3.63) is 47.3 Å². The summed E-state index contributed by atoms with van der Waals surface area (Å²) in [4.78, 5) is 23.2. The van der Waals surface area contributed by atoms with E-state index >= 15 is 0 Å². The minimum atomic E-state index is -1.10. The van der Waals surface area contributed by atoms with Crippen LogP contribution in [0.5, 0.6) is 5.75 Å². The molecule has 2 aromatic rings. The summed E-state index contributed by atoms with van der Waals surface area (Å²) in [7, 11) is 3.28. The smallest absolute Gasteiger partial charge is 0.335 e. The van der Waals surface area contributed by atoms with E-state index in [9.17, 15) is 9.59 Å². The summed E-state index contributed by atoms with van der Waals surface area (Å²) in [5.41, 5.74) is 1.39. The van der Waals surface area contributed by atoms with Crippen molar-refractivity contribution in [1.82, 2.24) is 15.1 Å². The van der Waals surface area contributed by atoms with Crippen LogP contribution in [0.1, 0.15) is 32.7 Å². The molecule has 7 nitrogen and oxygen atoms in total. The second-order valence-corrected chi connectivity index (χ2v) is 5.14. The normalized spacial score (nSPS) is 10.3. The number of amides is 1. The van der Waals surface area contributed by atoms with Crippen LogP contribution in [0.3, 0.4) is 0 Å². The standard InChI is InChI=1S/C16H19N3O4/c1-19-10-11(9-18-19)4-3-5-17-15(20)12-6-13(16(21)22)8-14(7-12)23-2/h6-10H,3-5H2,1-2H3,(H,17,20)(H,21,22). The Morgan fingerprint density at radius 1 is 1.30 bits per heavy atom. The molecule has 2 N–H and O–H groups in total. The van der Waals surface area contributed by atoms with Crippen LogP contribution in [0.25, 0.3) is 0 Å². The number of carboxylic acids is 1. The molecule has 0 fully saturated rings. The monoisotopic (exact) mass is 317 g/mol. The van der Waals surface area contributed by atoms with E-state index in [4.69, 9.17) is 9.84 Å². The van der Waals surface area contributed by atoms with Crippen molar-refractivity contribution in [3.8, 4) is 5.75 Å². The Morgan fingerprint density at radius 3 is 2.65 bits per heavy atom. The first-order valence-electron chi connectivity index (χ1n) is 7.17. The number of hydrogen-bond acceptors (Lipinski definition) is 4. The minimum Gasteiger partial charge on any atom is -0.497 e. The number of ether oxygens (including phenoxy) is 1. The maximum Gasteiger partial charge on any atom is 0.335 e. The van der Waals surface area contributed by atoms with Crippen molar-refractivity contribution in [2.45, 2.75) is 12.8 Å². The third-order valence-electron chi connectivity index (χ3n) is 3.34. The number of methoxy groups -OCH3 is 1. The summed E-state index contributed by atoms with van der Waals surface area (Å²) >= 11 is 0. The van der Waals surface area contributed by atoms with E-state index in [1.807, 2.05) is 13.2 Å². The van der Waals surface area contributed by atoms with Gasteiger partial charge in [-0.1, -0.05) is 0 Å². The van der Waals surface area contributed by atoms with Gasteiger partial charge < -0.3 is 15.2 Å². The molecule has 1 aromatic carbocycles. The number of hydrogen-bond donors (Lipinski definition) is 2. The maximum absolute atomic E-state index is 12.1. The van der Waals surface area contributed by atoms with E-state index in [0.29, 0.717) is 12.3 Å². The third kappa shape index (κ3) is 4.57. The summed E-state index contributed by atoms with van der Waals surface area (Å²) in [5.74, 6) is -1.09. The summed E-state index contributed by atoms with van der Waals surface area (Å²) in [6.45, 7) is 0.493. The molecule has 122 valence electrons. The topological polar surface area (TPSA) is 93.4 Å². The molecule has 0 aliphatic rings. The van der Waals surface area contributed by atoms with Gasteiger partial charge >= 0.3 is 5.97 Å². The van der Waals surface area contributed by atoms with Gasteiger partial charge in [-0.25, -0.2) is 4.79 Å². The van der Waals surface area contributed by atoms with Gasteiger partial charge in [0.25, 0.3) is 5.91 Å². The highest BCUT2D eigenvalue weighted by molar-refractivity contribution is 5.98. The van der Waals surface area contributed by atoms with Gasteiger partial charge in [-0.2, -0.15) is 5.10 Å². The molecule has 0 aliphatic heterocycles. The SMILES string of the molecule is COc1cc(C(=O)O)cc(C(=O)NCCCc2cnn(C)c2)c1. The van der Waals surface area contributed by atoms with Crippen LogP contribution in [0.15, 0.2) is 30.6 Å². The summed E-state index contributed by atoms with van der Waals surface area (Å²) in [5, 5.41) is 15.9. The molecule has 0 spiro atoms. The first-order valence-corrected chi connectivity index (χ1v) is 7.17. The number of nitrogens with one attached hydrogen (secondary N) is 1. The fourth-order valence-electron chi connectivity index (χ4n) is 2.17. The van der Waals surface area contributed by atoms with Gasteiger partial charge in [0.05, 0.1) is 18.9 Å². The van der Waals surface area contributed by atoms with Gasteiger partial charge in [0.2, 0.25) is 0 Å². The van der Waals surface area contributed by atoms with Crippen LogP contribution in [0.2, 0.25) is 0 Å². The zero-order valence-electron chi connectivity index (χ0n) is 13.1. The first-order chi connectivity index (χ1) is 11.0. The number of carboxylic acid groups (broad SMARTS) is 1. The molecular formula is C16H19N3O4. The Hall–Kier alpha value is -2.83. The van der Waals surface area contributed by atoms with E-state index in [1.54, 1.807) is 10.9 Å². The number of nitrogens with zero attached hydrogens (tertiary/aromatic N) is 2. The molecule has 0 atom stereocenters. The molecule has 0 radical (unpaired) electrons. The molecule has 0 aliphatic carbocycles. The molecule has 1 aromatic heterocycles. The van der Waals surface area contributed by atoms with Gasteiger partial charge in [0.15, 0.2) is 0 Å². The lowest BCUT2D eigenvalue weighted by atomic mass is 10.1. The maximum atomic E-state index is 12.1. The zero-order valence-corrected chi connectivity index (χ0v) is 13.1. The van der Waals surface area contributed by atoms with E-state index < -0.39 is 5.97 Å². The number of aromatic carboxylic acids is 1. The predicted molar refractivity (Wildman–Crippen MR) is 83.8 cm³/mol. The number of aryl methyl sites for hydroxylation is 2. The van der Waals surface area contributed by atoms with Gasteiger partial charge in [-0.3, -0.25) is 9.48 Å². The molecule has 2 rings (SSSR count). The van der Waals surface area contributed by atoms with Crippen molar-refractivity contribution in [3.63, 3.8) is 0 Å². The van der Waals surface area contributed by atoms with E-state index in [1.165, 1.54) is 25.3 Å². The van der Waals surface area contributed by atoms with Crippen LogP contribution in [0, 0.1) is 0 Å². The van der Waals surface area contributed by atoms with Gasteiger partial charge in [-0.15, -0.1) is 0 Å². The Balaban J connectivity index is 1.92. The van der Waals surface area contributed by atoms with Crippen molar-refractivity contribution in [2.24, 2.45) is 7.05 Å². The molecule has 0 unspecified atom stereocenters. The van der Waals surface area contributed by atoms with Crippen molar-refractivity contribution in [2.75, 3.05) is 13.7 Å². The highest BCUT2D eigenvalue weighted by Gasteiger charge is 2.12. The number of benzene rings is 1. The quantitative estimate of drug-likeness (QED) is 0.755. The first kappa shape index (κ1) is 16.5. The van der Waals surface area contributed by atoms with E-state index in [2.05, 4.69) is 10.4 Å². The third-order valence-corrected chi connectivity index (χ3v) is 3.34. The zero-order chi connectivity index (χ0) is 16.8. The van der Waals surface area contributed by atoms with Gasteiger partial charge in [0, 0.05) is 25.4 Å². The highest BCUT2D eigenvalue weighted by Crippen LogP contribution is 2.17. The Morgan fingerprint density at radius 2 is 2.04 bits per heavy atom. The van der Waals surface area contributed by atoms with Crippen molar-refractivity contribution in [1.29, 1.82) is 0 Å². The molecule has 0 saturated carbocycles. The lowest BCUT2D eigenvalue weighted by molar-refractivity contribution is 0.0696. The molecular weight excluding hydrogens is 298 g/mol. The molecule has 0 saturated heterocycles. The van der Waals surface area contributed by atoms with Crippen LogP contribution in [0.4, 0.5) is 0 Å². The molecule has 1 amide bonds. The minimum absolute atomic E-state index is 0.0184. The van der Waals surface area contributed by atoms with E-state index in [-0.39, 0.29) is 17.0 Å².